The van der Waals surface area contributed by atoms with E-state index in [4.69, 9.17) is 23.2 Å². The van der Waals surface area contributed by atoms with Crippen LogP contribution in [-0.2, 0) is 4.79 Å². The van der Waals surface area contributed by atoms with E-state index < -0.39 is 0 Å². The van der Waals surface area contributed by atoms with Gasteiger partial charge in [-0.3, -0.25) is 9.69 Å². The zero-order valence-electron chi connectivity index (χ0n) is 13.9. The monoisotopic (exact) mass is 369 g/mol. The van der Waals surface area contributed by atoms with E-state index in [1.165, 1.54) is 19.3 Å². The van der Waals surface area contributed by atoms with Gasteiger partial charge in [0.25, 0.3) is 0 Å². The van der Waals surface area contributed by atoms with Crippen LogP contribution >= 0.6 is 23.2 Å². The summed E-state index contributed by atoms with van der Waals surface area (Å²) in [7, 11) is 0. The van der Waals surface area contributed by atoms with Gasteiger partial charge in [0.05, 0.1) is 16.8 Å². The van der Waals surface area contributed by atoms with Gasteiger partial charge in [-0.1, -0.05) is 29.6 Å². The molecule has 0 spiro atoms. The largest absolute Gasteiger partial charge is 0.323 e. The molecule has 24 heavy (non-hydrogen) atoms. The lowest BCUT2D eigenvalue weighted by Crippen LogP contribution is -2.49. The van der Waals surface area contributed by atoms with Crippen molar-refractivity contribution in [2.45, 2.75) is 38.1 Å². The molecule has 0 radical (unpaired) electrons. The minimum Gasteiger partial charge on any atom is -0.323 e. The second kappa shape index (κ2) is 8.52. The Hall–Kier alpha value is -0.810. The first-order chi connectivity index (χ1) is 11.6. The summed E-state index contributed by atoms with van der Waals surface area (Å²) in [6.07, 6.45) is 5.58. The summed E-state index contributed by atoms with van der Waals surface area (Å²) in [6.45, 7) is 4.20. The first-order valence-electron chi connectivity index (χ1n) is 8.84. The number of likely N-dealkylation sites (tertiary alicyclic amines) is 1. The molecule has 0 bridgehead atoms. The highest BCUT2D eigenvalue weighted by atomic mass is 35.5. The SMILES string of the molecule is O=C(Nc1cc(Cl)ccc1Cl)C1CCCCN1CC1CCNCC1. The average Bonchev–Trinajstić information content (AvgIpc) is 2.59. The Kier molecular flexibility index (Phi) is 6.39. The first-order valence-corrected chi connectivity index (χ1v) is 9.60. The average molecular weight is 370 g/mol. The number of rotatable bonds is 4. The Balaban J connectivity index is 1.65. The van der Waals surface area contributed by atoms with Crippen LogP contribution in [0.25, 0.3) is 0 Å². The molecule has 1 aromatic rings. The standard InChI is InChI=1S/C18H25Cl2N3O/c19-14-4-5-15(20)16(11-14)22-18(24)17-3-1-2-10-23(17)12-13-6-8-21-9-7-13/h4-5,11,13,17,21H,1-3,6-10,12H2,(H,22,24). The summed E-state index contributed by atoms with van der Waals surface area (Å²) in [5, 5.41) is 7.48. The van der Waals surface area contributed by atoms with Gasteiger partial charge in [-0.25, -0.2) is 0 Å². The number of carbonyl (C=O) groups excluding carboxylic acids is 1. The lowest BCUT2D eigenvalue weighted by molar-refractivity contribution is -0.122. The Morgan fingerprint density at radius 1 is 1.21 bits per heavy atom. The highest BCUT2D eigenvalue weighted by Crippen LogP contribution is 2.27. The lowest BCUT2D eigenvalue weighted by atomic mass is 9.94. The van der Waals surface area contributed by atoms with Crippen LogP contribution in [0.1, 0.15) is 32.1 Å². The minimum atomic E-state index is -0.0660. The van der Waals surface area contributed by atoms with Gasteiger partial charge in [0.15, 0.2) is 0 Å². The van der Waals surface area contributed by atoms with Crippen LogP contribution in [0.2, 0.25) is 10.0 Å². The number of nitrogens with zero attached hydrogens (tertiary/aromatic N) is 1. The molecule has 2 saturated heterocycles. The van der Waals surface area contributed by atoms with Gasteiger partial charge in [-0.2, -0.15) is 0 Å². The van der Waals surface area contributed by atoms with E-state index in [1.807, 2.05) is 0 Å². The van der Waals surface area contributed by atoms with Crippen LogP contribution in [0, 0.1) is 5.92 Å². The second-order valence-corrected chi connectivity index (χ2v) is 7.66. The molecule has 132 valence electrons. The third kappa shape index (κ3) is 4.63. The van der Waals surface area contributed by atoms with Crippen LogP contribution in [0.3, 0.4) is 0 Å². The Bertz CT molecular complexity index is 575. The highest BCUT2D eigenvalue weighted by molar-refractivity contribution is 6.35. The quantitative estimate of drug-likeness (QED) is 0.848. The maximum absolute atomic E-state index is 12.8. The fourth-order valence-electron chi connectivity index (χ4n) is 3.71. The molecule has 2 heterocycles. The van der Waals surface area contributed by atoms with Crippen molar-refractivity contribution in [2.24, 2.45) is 5.92 Å². The normalized spacial score (nSPS) is 23.2. The molecule has 0 saturated carbocycles. The summed E-state index contributed by atoms with van der Waals surface area (Å²) in [5.74, 6) is 0.724. The van der Waals surface area contributed by atoms with Crippen LogP contribution in [0.4, 0.5) is 5.69 Å². The molecule has 2 N–H and O–H groups in total. The zero-order valence-corrected chi connectivity index (χ0v) is 15.4. The molecule has 1 atom stereocenters. The maximum atomic E-state index is 12.8. The van der Waals surface area contributed by atoms with Gasteiger partial charge in [-0.15, -0.1) is 0 Å². The third-order valence-corrected chi connectivity index (χ3v) is 5.62. The van der Waals surface area contributed by atoms with E-state index in [0.29, 0.717) is 21.7 Å². The summed E-state index contributed by atoms with van der Waals surface area (Å²) in [5.41, 5.74) is 0.599. The highest BCUT2D eigenvalue weighted by Gasteiger charge is 2.30. The van der Waals surface area contributed by atoms with Crippen molar-refractivity contribution in [3.8, 4) is 0 Å². The summed E-state index contributed by atoms with van der Waals surface area (Å²) in [6, 6.07) is 5.09. The topological polar surface area (TPSA) is 44.4 Å². The van der Waals surface area contributed by atoms with E-state index in [9.17, 15) is 4.79 Å². The van der Waals surface area contributed by atoms with Gasteiger partial charge in [-0.05, 0) is 69.4 Å². The first kappa shape index (κ1) is 18.0. The molecule has 0 aliphatic carbocycles. The Labute approximate surface area is 153 Å². The van der Waals surface area contributed by atoms with E-state index in [2.05, 4.69) is 15.5 Å². The molecule has 2 aliphatic rings. The number of hydrogen-bond acceptors (Lipinski definition) is 3. The molecule has 1 aromatic carbocycles. The zero-order chi connectivity index (χ0) is 16.9. The van der Waals surface area contributed by atoms with Crippen molar-refractivity contribution in [3.05, 3.63) is 28.2 Å². The number of halogens is 2. The van der Waals surface area contributed by atoms with Gasteiger partial charge in [0, 0.05) is 11.6 Å². The van der Waals surface area contributed by atoms with E-state index >= 15 is 0 Å². The van der Waals surface area contributed by atoms with E-state index in [0.717, 1.165) is 39.0 Å². The summed E-state index contributed by atoms with van der Waals surface area (Å²) in [4.78, 5) is 15.2. The van der Waals surface area contributed by atoms with Crippen molar-refractivity contribution in [2.75, 3.05) is 31.5 Å². The van der Waals surface area contributed by atoms with Crippen LogP contribution < -0.4 is 10.6 Å². The number of benzene rings is 1. The van der Waals surface area contributed by atoms with E-state index in [-0.39, 0.29) is 11.9 Å². The third-order valence-electron chi connectivity index (χ3n) is 5.05. The number of anilines is 1. The van der Waals surface area contributed by atoms with Crippen LogP contribution in [0.15, 0.2) is 18.2 Å². The number of hydrogen-bond donors (Lipinski definition) is 2. The molecule has 6 heteroatoms. The number of amides is 1. The molecule has 3 rings (SSSR count). The van der Waals surface area contributed by atoms with E-state index in [1.54, 1.807) is 18.2 Å². The lowest BCUT2D eigenvalue weighted by Gasteiger charge is -2.38. The molecular weight excluding hydrogens is 345 g/mol. The minimum absolute atomic E-state index is 0.0350. The van der Waals surface area contributed by atoms with Crippen LogP contribution in [0.5, 0.6) is 0 Å². The van der Waals surface area contributed by atoms with Gasteiger partial charge in [0.1, 0.15) is 0 Å². The fraction of sp³-hybridized carbons (Fsp3) is 0.611. The van der Waals surface area contributed by atoms with Crippen LogP contribution in [-0.4, -0.2) is 43.0 Å². The predicted molar refractivity (Wildman–Crippen MR) is 99.9 cm³/mol. The van der Waals surface area contributed by atoms with Gasteiger partial charge >= 0.3 is 0 Å². The molecule has 1 amide bonds. The van der Waals surface area contributed by atoms with Crippen molar-refractivity contribution in [1.29, 1.82) is 0 Å². The Morgan fingerprint density at radius 2 is 2.00 bits per heavy atom. The van der Waals surface area contributed by atoms with Crippen molar-refractivity contribution >= 4 is 34.8 Å². The molecule has 2 fully saturated rings. The number of carbonyl (C=O) groups is 1. The van der Waals surface area contributed by atoms with Gasteiger partial charge in [0.2, 0.25) is 5.91 Å². The smallest absolute Gasteiger partial charge is 0.241 e. The summed E-state index contributed by atoms with van der Waals surface area (Å²) >= 11 is 12.2. The van der Waals surface area contributed by atoms with Crippen molar-refractivity contribution in [1.82, 2.24) is 10.2 Å². The maximum Gasteiger partial charge on any atom is 0.241 e. The fourth-order valence-corrected chi connectivity index (χ4v) is 4.05. The molecule has 4 nitrogen and oxygen atoms in total. The molecule has 2 aliphatic heterocycles. The Morgan fingerprint density at radius 3 is 2.79 bits per heavy atom. The van der Waals surface area contributed by atoms with Crippen molar-refractivity contribution in [3.63, 3.8) is 0 Å². The number of piperidine rings is 2. The van der Waals surface area contributed by atoms with Crippen molar-refractivity contribution < 1.29 is 4.79 Å². The molecular formula is C18H25Cl2N3O. The van der Waals surface area contributed by atoms with Gasteiger partial charge < -0.3 is 10.6 Å². The molecule has 0 aromatic heterocycles. The number of nitrogens with one attached hydrogen (secondary N) is 2. The molecule has 1 unspecified atom stereocenters. The second-order valence-electron chi connectivity index (χ2n) is 6.81. The summed E-state index contributed by atoms with van der Waals surface area (Å²) < 4.78 is 0. The predicted octanol–water partition coefficient (Wildman–Crippen LogP) is 3.79.